The van der Waals surface area contributed by atoms with Crippen LogP contribution in [0.1, 0.15) is 30.9 Å². The minimum Gasteiger partial charge on any atom is -0.376 e. The van der Waals surface area contributed by atoms with Gasteiger partial charge in [-0.2, -0.15) is 0 Å². The molecule has 0 aromatic heterocycles. The van der Waals surface area contributed by atoms with Crippen LogP contribution in [0, 0.1) is 0 Å². The smallest absolute Gasteiger partial charge is 0.191 e. The molecule has 1 atom stereocenters. The maximum absolute atomic E-state index is 11.3. The van der Waals surface area contributed by atoms with E-state index in [9.17, 15) is 8.42 Å². The van der Waals surface area contributed by atoms with Crippen LogP contribution in [0.5, 0.6) is 0 Å². The summed E-state index contributed by atoms with van der Waals surface area (Å²) < 4.78 is 28.2. The zero-order chi connectivity index (χ0) is 17.4. The van der Waals surface area contributed by atoms with E-state index in [-0.39, 0.29) is 35.8 Å². The van der Waals surface area contributed by atoms with Gasteiger partial charge in [0.25, 0.3) is 0 Å². The number of aliphatic imine (C=N–C) groups is 1. The Kier molecular flexibility index (Phi) is 9.73. The highest BCUT2D eigenvalue weighted by molar-refractivity contribution is 14.0. The van der Waals surface area contributed by atoms with Crippen molar-refractivity contribution in [1.82, 2.24) is 10.6 Å². The van der Waals surface area contributed by atoms with Gasteiger partial charge in [0.15, 0.2) is 15.8 Å². The number of halogens is 1. The van der Waals surface area contributed by atoms with E-state index in [1.807, 2.05) is 31.2 Å². The van der Waals surface area contributed by atoms with E-state index < -0.39 is 9.84 Å². The van der Waals surface area contributed by atoms with Gasteiger partial charge < -0.3 is 15.4 Å². The lowest BCUT2D eigenvalue weighted by Crippen LogP contribution is -2.41. The molecule has 1 saturated heterocycles. The Bertz CT molecular complexity index is 642. The van der Waals surface area contributed by atoms with Gasteiger partial charge in [0.2, 0.25) is 0 Å². The second-order valence-electron chi connectivity index (χ2n) is 6.10. The van der Waals surface area contributed by atoms with Gasteiger partial charge in [0.1, 0.15) is 0 Å². The maximum Gasteiger partial charge on any atom is 0.191 e. The third-order valence-corrected chi connectivity index (χ3v) is 4.59. The summed E-state index contributed by atoms with van der Waals surface area (Å²) in [7, 11) is -3.00. The Hall–Kier alpha value is -0.870. The van der Waals surface area contributed by atoms with Crippen LogP contribution in [0.25, 0.3) is 0 Å². The largest absolute Gasteiger partial charge is 0.376 e. The first-order valence-corrected chi connectivity index (χ1v) is 10.4. The molecule has 8 heteroatoms. The van der Waals surface area contributed by atoms with Crippen molar-refractivity contribution < 1.29 is 13.2 Å². The number of hydrogen-bond acceptors (Lipinski definition) is 4. The Morgan fingerprint density at radius 1 is 1.24 bits per heavy atom. The van der Waals surface area contributed by atoms with E-state index in [0.29, 0.717) is 6.54 Å². The highest BCUT2D eigenvalue weighted by atomic mass is 127. The molecule has 6 nitrogen and oxygen atoms in total. The van der Waals surface area contributed by atoms with E-state index >= 15 is 0 Å². The molecule has 1 aromatic carbocycles. The van der Waals surface area contributed by atoms with Crippen LogP contribution in [0.15, 0.2) is 29.3 Å². The van der Waals surface area contributed by atoms with Gasteiger partial charge in [-0.1, -0.05) is 24.3 Å². The Labute approximate surface area is 167 Å². The van der Waals surface area contributed by atoms with Crippen LogP contribution in [0.4, 0.5) is 0 Å². The number of nitrogens with one attached hydrogen (secondary N) is 2. The highest BCUT2D eigenvalue weighted by Gasteiger charge is 2.15. The SMILES string of the molecule is CCNC(=NCc1ccc(CS(C)(=O)=O)cc1)NCC1CCCO1.I. The van der Waals surface area contributed by atoms with Gasteiger partial charge in [0, 0.05) is 26.0 Å². The van der Waals surface area contributed by atoms with Crippen molar-refractivity contribution in [3.05, 3.63) is 35.4 Å². The predicted octanol–water partition coefficient (Wildman–Crippen LogP) is 2.08. The maximum atomic E-state index is 11.3. The fraction of sp³-hybridized carbons (Fsp3) is 0.588. The second kappa shape index (κ2) is 11.0. The molecular weight excluding hydrogens is 453 g/mol. The van der Waals surface area contributed by atoms with Crippen LogP contribution < -0.4 is 10.6 Å². The zero-order valence-corrected chi connectivity index (χ0v) is 18.0. The summed E-state index contributed by atoms with van der Waals surface area (Å²) in [4.78, 5) is 4.57. The molecule has 0 bridgehead atoms. The van der Waals surface area contributed by atoms with E-state index in [0.717, 1.165) is 49.6 Å². The van der Waals surface area contributed by atoms with Gasteiger partial charge in [-0.05, 0) is 30.9 Å². The van der Waals surface area contributed by atoms with Crippen molar-refractivity contribution in [2.45, 2.75) is 38.2 Å². The molecule has 1 heterocycles. The summed E-state index contributed by atoms with van der Waals surface area (Å²) >= 11 is 0. The lowest BCUT2D eigenvalue weighted by Gasteiger charge is -2.14. The molecule has 1 fully saturated rings. The quantitative estimate of drug-likeness (QED) is 0.354. The average molecular weight is 481 g/mol. The summed E-state index contributed by atoms with van der Waals surface area (Å²) in [6.07, 6.45) is 3.73. The Morgan fingerprint density at radius 2 is 1.92 bits per heavy atom. The Balaban J connectivity index is 0.00000312. The summed E-state index contributed by atoms with van der Waals surface area (Å²) in [5.41, 5.74) is 1.84. The monoisotopic (exact) mass is 481 g/mol. The molecule has 0 saturated carbocycles. The van der Waals surface area contributed by atoms with Gasteiger partial charge in [-0.3, -0.25) is 0 Å². The predicted molar refractivity (Wildman–Crippen MR) is 112 cm³/mol. The van der Waals surface area contributed by atoms with Gasteiger partial charge >= 0.3 is 0 Å². The van der Waals surface area contributed by atoms with Crippen LogP contribution >= 0.6 is 24.0 Å². The van der Waals surface area contributed by atoms with Crippen LogP contribution in [0.2, 0.25) is 0 Å². The number of hydrogen-bond donors (Lipinski definition) is 2. The van der Waals surface area contributed by atoms with Gasteiger partial charge in [-0.25, -0.2) is 13.4 Å². The van der Waals surface area contributed by atoms with Crippen molar-refractivity contribution in [1.29, 1.82) is 0 Å². The molecule has 0 aliphatic carbocycles. The van der Waals surface area contributed by atoms with Crippen LogP contribution in [0.3, 0.4) is 0 Å². The van der Waals surface area contributed by atoms with Crippen molar-refractivity contribution in [2.24, 2.45) is 4.99 Å². The van der Waals surface area contributed by atoms with Crippen molar-refractivity contribution >= 4 is 39.8 Å². The fourth-order valence-electron chi connectivity index (χ4n) is 2.57. The molecule has 1 unspecified atom stereocenters. The zero-order valence-electron chi connectivity index (χ0n) is 14.8. The molecule has 25 heavy (non-hydrogen) atoms. The van der Waals surface area contributed by atoms with E-state index in [2.05, 4.69) is 15.6 Å². The van der Waals surface area contributed by atoms with Crippen LogP contribution in [-0.2, 0) is 26.9 Å². The number of rotatable bonds is 7. The van der Waals surface area contributed by atoms with E-state index in [1.54, 1.807) is 0 Å². The second-order valence-corrected chi connectivity index (χ2v) is 8.24. The summed E-state index contributed by atoms with van der Waals surface area (Å²) in [5.74, 6) is 0.843. The molecule has 1 aliphatic rings. The highest BCUT2D eigenvalue weighted by Crippen LogP contribution is 2.11. The van der Waals surface area contributed by atoms with Crippen molar-refractivity contribution in [2.75, 3.05) is 26.0 Å². The number of benzene rings is 1. The lowest BCUT2D eigenvalue weighted by molar-refractivity contribution is 0.114. The molecule has 1 aliphatic heterocycles. The lowest BCUT2D eigenvalue weighted by atomic mass is 10.1. The van der Waals surface area contributed by atoms with Crippen LogP contribution in [-0.4, -0.2) is 46.4 Å². The molecule has 2 N–H and O–H groups in total. The number of ether oxygens (including phenoxy) is 1. The van der Waals surface area contributed by atoms with Gasteiger partial charge in [-0.15, -0.1) is 24.0 Å². The molecule has 0 spiro atoms. The third kappa shape index (κ3) is 8.87. The fourth-order valence-corrected chi connectivity index (χ4v) is 3.37. The molecular formula is C17H28IN3O3S. The number of guanidine groups is 1. The van der Waals surface area contributed by atoms with Crippen molar-refractivity contribution in [3.63, 3.8) is 0 Å². The Morgan fingerprint density at radius 3 is 2.48 bits per heavy atom. The summed E-state index contributed by atoms with van der Waals surface area (Å²) in [5, 5.41) is 6.53. The first kappa shape index (κ1) is 22.2. The summed E-state index contributed by atoms with van der Waals surface area (Å²) in [6.45, 7) is 4.98. The average Bonchev–Trinajstić information content (AvgIpc) is 3.03. The number of sulfone groups is 1. The molecule has 142 valence electrons. The standard InChI is InChI=1S/C17H27N3O3S.HI/c1-3-18-17(20-12-16-5-4-10-23-16)19-11-14-6-8-15(9-7-14)13-24(2,21)22;/h6-9,16H,3-5,10-13H2,1-2H3,(H2,18,19,20);1H. The first-order chi connectivity index (χ1) is 11.5. The summed E-state index contributed by atoms with van der Waals surface area (Å²) in [6, 6.07) is 7.54. The van der Waals surface area contributed by atoms with Gasteiger partial charge in [0.05, 0.1) is 18.4 Å². The molecule has 1 aromatic rings. The number of nitrogens with zero attached hydrogens (tertiary/aromatic N) is 1. The van der Waals surface area contributed by atoms with E-state index in [1.165, 1.54) is 6.26 Å². The minimum absolute atomic E-state index is 0. The topological polar surface area (TPSA) is 79.8 Å². The molecule has 0 radical (unpaired) electrons. The first-order valence-electron chi connectivity index (χ1n) is 8.35. The third-order valence-electron chi connectivity index (χ3n) is 3.74. The molecule has 0 amide bonds. The normalized spacial score (nSPS) is 17.8. The molecule has 2 rings (SSSR count). The van der Waals surface area contributed by atoms with E-state index in [4.69, 9.17) is 4.74 Å². The van der Waals surface area contributed by atoms with Crippen molar-refractivity contribution in [3.8, 4) is 0 Å². The minimum atomic E-state index is -3.00.